The summed E-state index contributed by atoms with van der Waals surface area (Å²) in [5.74, 6) is -5.38. The molecule has 0 saturated carbocycles. The fourth-order valence-electron chi connectivity index (χ4n) is 4.53. The van der Waals surface area contributed by atoms with Crippen molar-refractivity contribution < 1.29 is 59.4 Å². The summed E-state index contributed by atoms with van der Waals surface area (Å²) in [5, 5.41) is 12.6. The third-order valence-electron chi connectivity index (χ3n) is 6.64. The molecule has 18 heteroatoms. The monoisotopic (exact) mass is 688 g/mol. The van der Waals surface area contributed by atoms with Crippen LogP contribution < -0.4 is 5.11 Å². The van der Waals surface area contributed by atoms with Crippen LogP contribution in [-0.4, -0.2) is 83.4 Å². The lowest BCUT2D eigenvalue weighted by Gasteiger charge is -2.36. The summed E-state index contributed by atoms with van der Waals surface area (Å²) in [6, 6.07) is 7.69. The first-order valence-electron chi connectivity index (χ1n) is 13.2. The van der Waals surface area contributed by atoms with Crippen LogP contribution in [0.5, 0.6) is 0 Å². The minimum atomic E-state index is -5.39. The number of carbonyl (C=O) groups excluding carboxylic acids is 3. The molecule has 2 aromatic carbocycles. The summed E-state index contributed by atoms with van der Waals surface area (Å²) >= 11 is 0. The van der Waals surface area contributed by atoms with Gasteiger partial charge in [-0.15, -0.1) is 4.31 Å². The van der Waals surface area contributed by atoms with E-state index in [4.69, 9.17) is 23.0 Å². The maximum atomic E-state index is 14.7. The normalized spacial score (nSPS) is 18.2. The number of sulfonamides is 2. The average Bonchev–Trinajstić information content (AvgIpc) is 3.24. The highest BCUT2D eigenvalue weighted by atomic mass is 32.2. The number of hydrogen-bond acceptors (Lipinski definition) is 13. The van der Waals surface area contributed by atoms with Crippen molar-refractivity contribution in [1.29, 1.82) is 0 Å². The average molecular weight is 689 g/mol. The van der Waals surface area contributed by atoms with E-state index < -0.39 is 90.0 Å². The van der Waals surface area contributed by atoms with Crippen molar-refractivity contribution in [2.45, 2.75) is 43.0 Å². The van der Waals surface area contributed by atoms with Crippen molar-refractivity contribution in [3.05, 3.63) is 70.9 Å². The number of rotatable bonds is 13. The van der Waals surface area contributed by atoms with Crippen LogP contribution in [0.3, 0.4) is 0 Å². The zero-order valence-corrected chi connectivity index (χ0v) is 28.0. The Balaban J connectivity index is 2.64. The molecular weight excluding hydrogens is 655 g/mol. The summed E-state index contributed by atoms with van der Waals surface area (Å²) in [4.78, 5) is 41.9. The maximum absolute atomic E-state index is 14.7. The minimum Gasteiger partial charge on any atom is -0.611 e. The van der Waals surface area contributed by atoms with Crippen LogP contribution in [0.2, 0.25) is 0 Å². The molecule has 0 aromatic heterocycles. The number of benzene rings is 2. The van der Waals surface area contributed by atoms with Crippen LogP contribution in [0.15, 0.2) is 69.6 Å². The quantitative estimate of drug-likeness (QED) is 0.0978. The molecule has 0 radical (unpaired) electrons. The van der Waals surface area contributed by atoms with Crippen molar-refractivity contribution in [2.24, 2.45) is 0 Å². The molecule has 2 aromatic rings. The van der Waals surface area contributed by atoms with E-state index in [0.717, 1.165) is 45.6 Å². The summed E-state index contributed by atoms with van der Waals surface area (Å²) in [7, 11) is -12.3. The van der Waals surface area contributed by atoms with E-state index in [1.165, 1.54) is 38.1 Å². The Labute approximate surface area is 261 Å². The molecule has 0 spiro atoms. The Kier molecular flexibility index (Phi) is 10.7. The van der Waals surface area contributed by atoms with E-state index in [2.05, 4.69) is 0 Å². The number of ether oxygens (including phenoxy) is 2. The Bertz CT molecular complexity index is 1700. The first-order chi connectivity index (χ1) is 21.1. The van der Waals surface area contributed by atoms with Gasteiger partial charge < -0.3 is 14.6 Å². The Morgan fingerprint density at radius 2 is 1.20 bits per heavy atom. The van der Waals surface area contributed by atoms with Crippen LogP contribution in [0.1, 0.15) is 25.0 Å². The van der Waals surface area contributed by atoms with Gasteiger partial charge in [-0.25, -0.2) is 26.4 Å². The van der Waals surface area contributed by atoms with E-state index in [9.17, 15) is 36.3 Å². The van der Waals surface area contributed by atoms with E-state index in [1.54, 1.807) is 13.8 Å². The molecule has 1 unspecified atom stereocenters. The van der Waals surface area contributed by atoms with Crippen molar-refractivity contribution in [3.63, 3.8) is 0 Å². The van der Waals surface area contributed by atoms with Gasteiger partial charge in [-0.3, -0.25) is 4.79 Å². The van der Waals surface area contributed by atoms with Gasteiger partial charge in [-0.1, -0.05) is 42.3 Å². The van der Waals surface area contributed by atoms with Gasteiger partial charge in [0, 0.05) is 0 Å². The number of imide groups is 1. The number of urea groups is 1. The van der Waals surface area contributed by atoms with Crippen LogP contribution in [0.4, 0.5) is 4.79 Å². The van der Waals surface area contributed by atoms with Crippen LogP contribution in [0.25, 0.3) is 0 Å². The van der Waals surface area contributed by atoms with Crippen molar-refractivity contribution in [3.8, 4) is 0 Å². The number of esters is 1. The molecule has 0 bridgehead atoms. The lowest BCUT2D eigenvalue weighted by molar-refractivity contribution is -0.358. The molecule has 246 valence electrons. The van der Waals surface area contributed by atoms with Gasteiger partial charge in [0.05, 0.1) is 37.7 Å². The Morgan fingerprint density at radius 1 is 0.778 bits per heavy atom. The fourth-order valence-corrected chi connectivity index (χ4v) is 9.52. The minimum absolute atomic E-state index is 0.311. The second-order valence-corrected chi connectivity index (χ2v) is 15.4. The first kappa shape index (κ1) is 35.9. The van der Waals surface area contributed by atoms with Gasteiger partial charge in [0.2, 0.25) is 5.31 Å². The predicted octanol–water partition coefficient (Wildman–Crippen LogP) is 2.21. The zero-order chi connectivity index (χ0) is 34.0. The van der Waals surface area contributed by atoms with Gasteiger partial charge in [0.15, 0.2) is 0 Å². The van der Waals surface area contributed by atoms with E-state index >= 15 is 0 Å². The standard InChI is InChI=1S/C27H33N2O13PS2/c1-8-41-23(30)22(43(38-5,39-6)40-7)27(25(32)42-9-2)24(31)28(44(34,35)20-14-10-18(3)11-15-20)26(33)29(27)45(36,37)21-16-12-19(4)13-17-21/h10-17H,8-9H2,1-7H3/b23-22-. The maximum Gasteiger partial charge on any atom is 0.449 e. The molecule has 3 rings (SSSR count). The molecule has 1 heterocycles. The summed E-state index contributed by atoms with van der Waals surface area (Å²) in [6.45, 7) is 5.03. The van der Waals surface area contributed by atoms with Crippen molar-refractivity contribution in [1.82, 2.24) is 8.61 Å². The van der Waals surface area contributed by atoms with Gasteiger partial charge in [0.1, 0.15) is 5.95 Å². The topological polar surface area (TPSA) is 195 Å². The lowest BCUT2D eigenvalue weighted by atomic mass is 9.99. The predicted molar refractivity (Wildman–Crippen MR) is 157 cm³/mol. The van der Waals surface area contributed by atoms with Gasteiger partial charge in [-0.2, -0.15) is 17.9 Å². The number of hydrogen-bond donors (Lipinski definition) is 0. The first-order valence-corrected chi connectivity index (χ1v) is 17.6. The molecule has 1 aliphatic heterocycles. The molecule has 1 atom stereocenters. The third kappa shape index (κ3) is 5.79. The molecule has 0 aliphatic carbocycles. The molecule has 15 nitrogen and oxygen atoms in total. The van der Waals surface area contributed by atoms with Crippen LogP contribution in [0, 0.1) is 13.8 Å². The summed E-state index contributed by atoms with van der Waals surface area (Å²) in [5.41, 5.74) is -2.51. The van der Waals surface area contributed by atoms with Gasteiger partial charge in [0.25, 0.3) is 26.0 Å². The highest BCUT2D eigenvalue weighted by molar-refractivity contribution is 7.91. The lowest BCUT2D eigenvalue weighted by Crippen LogP contribution is -2.61. The van der Waals surface area contributed by atoms with Gasteiger partial charge in [-0.05, 0) is 51.6 Å². The third-order valence-corrected chi connectivity index (χ3v) is 12.6. The number of aryl methyl sites for hydroxylation is 2. The van der Waals surface area contributed by atoms with Crippen LogP contribution in [-0.2, 0) is 52.7 Å². The largest absolute Gasteiger partial charge is 0.611 e. The van der Waals surface area contributed by atoms with Crippen LogP contribution >= 0.6 is 7.94 Å². The highest BCUT2D eigenvalue weighted by Gasteiger charge is 2.80. The number of amides is 3. The summed E-state index contributed by atoms with van der Waals surface area (Å²) in [6.07, 6.45) is 0. The van der Waals surface area contributed by atoms with E-state index in [-0.39, 0.29) is 4.31 Å². The highest BCUT2D eigenvalue weighted by Crippen LogP contribution is 2.72. The second kappa shape index (κ2) is 13.4. The molecule has 45 heavy (non-hydrogen) atoms. The fraction of sp³-hybridized carbons (Fsp3) is 0.370. The Morgan fingerprint density at radius 3 is 1.60 bits per heavy atom. The van der Waals surface area contributed by atoms with Crippen molar-refractivity contribution >= 4 is 45.9 Å². The van der Waals surface area contributed by atoms with E-state index in [1.807, 2.05) is 0 Å². The molecular formula is C27H33N2O13PS2. The number of carbonyl (C=O) groups is 3. The zero-order valence-electron chi connectivity index (χ0n) is 25.5. The number of nitrogens with zero attached hydrogens (tertiary/aromatic N) is 2. The summed E-state index contributed by atoms with van der Waals surface area (Å²) < 4.78 is 82.4. The molecule has 3 amide bonds. The Hall–Kier alpha value is -3.60. The molecule has 1 aliphatic rings. The van der Waals surface area contributed by atoms with Crippen molar-refractivity contribution in [2.75, 3.05) is 34.5 Å². The second-order valence-electron chi connectivity index (χ2n) is 9.30. The smallest absolute Gasteiger partial charge is 0.449 e. The molecule has 1 fully saturated rings. The van der Waals surface area contributed by atoms with E-state index in [0.29, 0.717) is 11.1 Å². The molecule has 0 N–H and O–H groups in total. The molecule has 1 saturated heterocycles. The SMILES string of the molecule is CCOC(=O)C1(/C(=C(\[O-])OCC)[P+](OC)(OC)OC)C(=O)N(S(=O)(=O)c2ccc(C)cc2)C(=O)N1S(=O)(=O)c1ccc(C)cc1. The van der Waals surface area contributed by atoms with Gasteiger partial charge >= 0.3 is 25.5 Å².